The Morgan fingerprint density at radius 2 is 1.68 bits per heavy atom. The van der Waals surface area contributed by atoms with E-state index in [9.17, 15) is 4.79 Å². The molecule has 2 rings (SSSR count). The van der Waals surface area contributed by atoms with E-state index in [1.807, 2.05) is 55.5 Å². The fourth-order valence-corrected chi connectivity index (χ4v) is 2.04. The molecular formula is C21H23NO3. The average molecular weight is 337 g/mol. The first-order chi connectivity index (χ1) is 12.2. The van der Waals surface area contributed by atoms with Crippen molar-refractivity contribution in [3.8, 4) is 11.5 Å². The minimum Gasteiger partial charge on any atom is -0.492 e. The zero-order valence-electron chi connectivity index (χ0n) is 14.4. The third kappa shape index (κ3) is 6.96. The van der Waals surface area contributed by atoms with Crippen LogP contribution in [-0.4, -0.2) is 25.7 Å². The lowest BCUT2D eigenvalue weighted by atomic mass is 10.2. The van der Waals surface area contributed by atoms with Gasteiger partial charge in [-0.1, -0.05) is 42.5 Å². The number of hydrogen-bond donors (Lipinski definition) is 1. The molecule has 0 aliphatic carbocycles. The molecule has 0 aromatic heterocycles. The number of carbonyl (C=O) groups excluding carboxylic acids is 1. The van der Waals surface area contributed by atoms with Crippen LogP contribution in [0.5, 0.6) is 11.5 Å². The normalized spacial score (nSPS) is 10.4. The Morgan fingerprint density at radius 3 is 2.36 bits per heavy atom. The third-order valence-corrected chi connectivity index (χ3v) is 3.37. The molecule has 0 spiro atoms. The molecular weight excluding hydrogens is 314 g/mol. The van der Waals surface area contributed by atoms with E-state index >= 15 is 0 Å². The standard InChI is InChI=1S/C21H23NO3/c1-3-15-24-20-11-6-18(7-12-20)8-13-21(23)22-14-16-25-19-9-4-17(2)5-10-19/h3-13H,1,14-16H2,2H3,(H,22,23)/b13-8+. The summed E-state index contributed by atoms with van der Waals surface area (Å²) in [6.07, 6.45) is 4.96. The molecule has 4 heteroatoms. The van der Waals surface area contributed by atoms with Crippen molar-refractivity contribution < 1.29 is 14.3 Å². The van der Waals surface area contributed by atoms with Gasteiger partial charge < -0.3 is 14.8 Å². The predicted molar refractivity (Wildman–Crippen MR) is 101 cm³/mol. The van der Waals surface area contributed by atoms with E-state index in [1.54, 1.807) is 12.2 Å². The second-order valence-corrected chi connectivity index (χ2v) is 5.45. The lowest BCUT2D eigenvalue weighted by Crippen LogP contribution is -2.26. The topological polar surface area (TPSA) is 47.6 Å². The Labute approximate surface area is 148 Å². The molecule has 0 saturated carbocycles. The Balaban J connectivity index is 1.69. The maximum absolute atomic E-state index is 11.8. The Bertz CT molecular complexity index is 703. The van der Waals surface area contributed by atoms with Crippen LogP contribution in [0.3, 0.4) is 0 Å². The summed E-state index contributed by atoms with van der Waals surface area (Å²) in [6.45, 7) is 6.98. The Morgan fingerprint density at radius 1 is 1.04 bits per heavy atom. The largest absolute Gasteiger partial charge is 0.492 e. The molecule has 0 fully saturated rings. The van der Waals surface area contributed by atoms with Gasteiger partial charge in [-0.05, 0) is 42.8 Å². The molecule has 0 unspecified atom stereocenters. The number of benzene rings is 2. The molecule has 0 bridgehead atoms. The molecule has 130 valence electrons. The van der Waals surface area contributed by atoms with E-state index in [2.05, 4.69) is 11.9 Å². The zero-order valence-corrected chi connectivity index (χ0v) is 14.4. The maximum atomic E-state index is 11.8. The van der Waals surface area contributed by atoms with E-state index in [4.69, 9.17) is 9.47 Å². The van der Waals surface area contributed by atoms with Gasteiger partial charge in [-0.15, -0.1) is 0 Å². The summed E-state index contributed by atoms with van der Waals surface area (Å²) in [6, 6.07) is 15.3. The van der Waals surface area contributed by atoms with Crippen LogP contribution in [0.2, 0.25) is 0 Å². The van der Waals surface area contributed by atoms with Crippen molar-refractivity contribution in [2.45, 2.75) is 6.92 Å². The highest BCUT2D eigenvalue weighted by molar-refractivity contribution is 5.91. The van der Waals surface area contributed by atoms with Gasteiger partial charge in [-0.2, -0.15) is 0 Å². The summed E-state index contributed by atoms with van der Waals surface area (Å²) in [5.41, 5.74) is 2.11. The van der Waals surface area contributed by atoms with E-state index in [-0.39, 0.29) is 5.91 Å². The molecule has 25 heavy (non-hydrogen) atoms. The van der Waals surface area contributed by atoms with Gasteiger partial charge in [0.25, 0.3) is 0 Å². The van der Waals surface area contributed by atoms with Gasteiger partial charge in [0.1, 0.15) is 24.7 Å². The fraction of sp³-hybridized carbons (Fsp3) is 0.190. The molecule has 0 aliphatic heterocycles. The lowest BCUT2D eigenvalue weighted by molar-refractivity contribution is -0.116. The van der Waals surface area contributed by atoms with E-state index in [0.29, 0.717) is 19.8 Å². The number of amides is 1. The minimum atomic E-state index is -0.153. The van der Waals surface area contributed by atoms with Crippen molar-refractivity contribution >= 4 is 12.0 Å². The van der Waals surface area contributed by atoms with Gasteiger partial charge >= 0.3 is 0 Å². The molecule has 0 aliphatic rings. The first-order valence-corrected chi connectivity index (χ1v) is 8.16. The highest BCUT2D eigenvalue weighted by Gasteiger charge is 1.97. The first kappa shape index (κ1) is 18.3. The molecule has 4 nitrogen and oxygen atoms in total. The van der Waals surface area contributed by atoms with Crippen LogP contribution >= 0.6 is 0 Å². The number of rotatable bonds is 9. The molecule has 0 saturated heterocycles. The molecule has 2 aromatic carbocycles. The van der Waals surface area contributed by atoms with Crippen LogP contribution in [0, 0.1) is 6.92 Å². The molecule has 1 amide bonds. The predicted octanol–water partition coefficient (Wildman–Crippen LogP) is 3.77. The molecule has 0 atom stereocenters. The second kappa shape index (κ2) is 9.98. The highest BCUT2D eigenvalue weighted by atomic mass is 16.5. The van der Waals surface area contributed by atoms with E-state index in [1.165, 1.54) is 11.6 Å². The van der Waals surface area contributed by atoms with Crippen molar-refractivity contribution in [2.24, 2.45) is 0 Å². The fourth-order valence-electron chi connectivity index (χ4n) is 2.04. The first-order valence-electron chi connectivity index (χ1n) is 8.16. The molecule has 0 radical (unpaired) electrons. The van der Waals surface area contributed by atoms with Crippen LogP contribution < -0.4 is 14.8 Å². The quantitative estimate of drug-likeness (QED) is 0.430. The SMILES string of the molecule is C=CCOc1ccc(/C=C/C(=O)NCCOc2ccc(C)cc2)cc1. The molecule has 0 heterocycles. The van der Waals surface area contributed by atoms with Gasteiger partial charge in [0.2, 0.25) is 5.91 Å². The summed E-state index contributed by atoms with van der Waals surface area (Å²) in [7, 11) is 0. The number of carbonyl (C=O) groups is 1. The summed E-state index contributed by atoms with van der Waals surface area (Å²) in [5.74, 6) is 1.42. The van der Waals surface area contributed by atoms with Crippen molar-refractivity contribution in [3.63, 3.8) is 0 Å². The minimum absolute atomic E-state index is 0.153. The average Bonchev–Trinajstić information content (AvgIpc) is 2.64. The van der Waals surface area contributed by atoms with Crippen LogP contribution in [0.25, 0.3) is 6.08 Å². The third-order valence-electron chi connectivity index (χ3n) is 3.37. The van der Waals surface area contributed by atoms with Gasteiger partial charge in [0, 0.05) is 6.08 Å². The van der Waals surface area contributed by atoms with Crippen LogP contribution in [0.15, 0.2) is 67.3 Å². The zero-order chi connectivity index (χ0) is 17.9. The van der Waals surface area contributed by atoms with Crippen LogP contribution in [-0.2, 0) is 4.79 Å². The van der Waals surface area contributed by atoms with Crippen LogP contribution in [0.4, 0.5) is 0 Å². The molecule has 1 N–H and O–H groups in total. The summed E-state index contributed by atoms with van der Waals surface area (Å²) in [5, 5.41) is 2.79. The Hall–Kier alpha value is -3.01. The summed E-state index contributed by atoms with van der Waals surface area (Å²) < 4.78 is 11.0. The highest BCUT2D eigenvalue weighted by Crippen LogP contribution is 2.13. The number of nitrogens with one attached hydrogen (secondary N) is 1. The van der Waals surface area contributed by atoms with Gasteiger partial charge in [-0.25, -0.2) is 0 Å². The van der Waals surface area contributed by atoms with Crippen molar-refractivity contribution in [1.82, 2.24) is 5.32 Å². The van der Waals surface area contributed by atoms with Crippen molar-refractivity contribution in [2.75, 3.05) is 19.8 Å². The smallest absolute Gasteiger partial charge is 0.244 e. The van der Waals surface area contributed by atoms with Crippen molar-refractivity contribution in [1.29, 1.82) is 0 Å². The monoisotopic (exact) mass is 337 g/mol. The maximum Gasteiger partial charge on any atom is 0.244 e. The van der Waals surface area contributed by atoms with Crippen LogP contribution in [0.1, 0.15) is 11.1 Å². The number of ether oxygens (including phenoxy) is 2. The van der Waals surface area contributed by atoms with Crippen molar-refractivity contribution in [3.05, 3.63) is 78.4 Å². The van der Waals surface area contributed by atoms with E-state index in [0.717, 1.165) is 17.1 Å². The lowest BCUT2D eigenvalue weighted by Gasteiger charge is -2.06. The number of aryl methyl sites for hydroxylation is 1. The summed E-state index contributed by atoms with van der Waals surface area (Å²) in [4.78, 5) is 11.8. The van der Waals surface area contributed by atoms with Gasteiger partial charge in [-0.3, -0.25) is 4.79 Å². The molecule has 2 aromatic rings. The van der Waals surface area contributed by atoms with E-state index < -0.39 is 0 Å². The number of hydrogen-bond acceptors (Lipinski definition) is 3. The Kier molecular flexibility index (Phi) is 7.32. The van der Waals surface area contributed by atoms with Gasteiger partial charge in [0.05, 0.1) is 6.54 Å². The van der Waals surface area contributed by atoms with Gasteiger partial charge in [0.15, 0.2) is 0 Å². The summed E-state index contributed by atoms with van der Waals surface area (Å²) >= 11 is 0. The second-order valence-electron chi connectivity index (χ2n) is 5.45.